The van der Waals surface area contributed by atoms with E-state index >= 15 is 0 Å². The average molecular weight is 254 g/mol. The molecule has 0 radical (unpaired) electrons. The summed E-state index contributed by atoms with van der Waals surface area (Å²) in [7, 11) is 0. The molecule has 1 rings (SSSR count). The molecule has 104 valence electrons. The van der Waals surface area contributed by atoms with Gasteiger partial charge in [-0.05, 0) is 19.3 Å². The van der Waals surface area contributed by atoms with Crippen molar-refractivity contribution in [2.45, 2.75) is 65.5 Å². The van der Waals surface area contributed by atoms with Crippen LogP contribution >= 0.6 is 0 Å². The molecule has 4 heteroatoms. The van der Waals surface area contributed by atoms with Gasteiger partial charge in [0.05, 0.1) is 6.54 Å². The van der Waals surface area contributed by atoms with Crippen LogP contribution in [0.4, 0.5) is 0 Å². The lowest BCUT2D eigenvalue weighted by atomic mass is 9.96. The summed E-state index contributed by atoms with van der Waals surface area (Å²) in [6.07, 6.45) is 4.46. The number of unbranched alkanes of at least 4 members (excludes halogenated alkanes) is 2. The molecule has 1 aliphatic rings. The van der Waals surface area contributed by atoms with E-state index in [-0.39, 0.29) is 36.4 Å². The van der Waals surface area contributed by atoms with Crippen LogP contribution < -0.4 is 5.32 Å². The van der Waals surface area contributed by atoms with Crippen LogP contribution in [0.3, 0.4) is 0 Å². The van der Waals surface area contributed by atoms with Gasteiger partial charge in [0.1, 0.15) is 6.04 Å². The Morgan fingerprint density at radius 2 is 1.94 bits per heavy atom. The standard InChI is InChI=1S/C14H26N2O2/c1-5-6-7-8-11(4)16-12(17)9-15-14(18)13(16)10(2)3/h10-11,13H,5-9H2,1-4H3,(H,15,18). The summed E-state index contributed by atoms with van der Waals surface area (Å²) < 4.78 is 0. The minimum Gasteiger partial charge on any atom is -0.345 e. The third-order valence-electron chi connectivity index (χ3n) is 3.60. The number of carbonyl (C=O) groups excluding carboxylic acids is 2. The van der Waals surface area contributed by atoms with Gasteiger partial charge in [-0.1, -0.05) is 40.0 Å². The summed E-state index contributed by atoms with van der Waals surface area (Å²) in [4.78, 5) is 25.8. The molecule has 0 aromatic rings. The van der Waals surface area contributed by atoms with Crippen molar-refractivity contribution in [2.75, 3.05) is 6.54 Å². The van der Waals surface area contributed by atoms with Crippen molar-refractivity contribution in [1.82, 2.24) is 10.2 Å². The van der Waals surface area contributed by atoms with Crippen LogP contribution in [0.25, 0.3) is 0 Å². The second-order valence-electron chi connectivity index (χ2n) is 5.55. The number of piperazine rings is 1. The van der Waals surface area contributed by atoms with E-state index in [0.717, 1.165) is 12.8 Å². The Balaban J connectivity index is 2.72. The van der Waals surface area contributed by atoms with Crippen LogP contribution in [-0.4, -0.2) is 35.3 Å². The highest BCUT2D eigenvalue weighted by molar-refractivity contribution is 5.95. The van der Waals surface area contributed by atoms with Crippen molar-refractivity contribution in [2.24, 2.45) is 5.92 Å². The Hall–Kier alpha value is -1.06. The maximum Gasteiger partial charge on any atom is 0.243 e. The molecule has 1 saturated heterocycles. The molecule has 0 aliphatic carbocycles. The highest BCUT2D eigenvalue weighted by atomic mass is 16.2. The van der Waals surface area contributed by atoms with Gasteiger partial charge in [-0.25, -0.2) is 0 Å². The molecule has 1 aliphatic heterocycles. The predicted octanol–water partition coefficient (Wildman–Crippen LogP) is 1.94. The van der Waals surface area contributed by atoms with Crippen molar-refractivity contribution >= 4 is 11.8 Å². The van der Waals surface area contributed by atoms with Gasteiger partial charge in [0.25, 0.3) is 0 Å². The summed E-state index contributed by atoms with van der Waals surface area (Å²) in [5, 5.41) is 2.69. The number of rotatable bonds is 6. The fraction of sp³-hybridized carbons (Fsp3) is 0.857. The van der Waals surface area contributed by atoms with E-state index in [9.17, 15) is 9.59 Å². The van der Waals surface area contributed by atoms with Crippen molar-refractivity contribution in [3.8, 4) is 0 Å². The molecule has 18 heavy (non-hydrogen) atoms. The molecule has 0 saturated carbocycles. The normalized spacial score (nSPS) is 22.3. The molecular weight excluding hydrogens is 228 g/mol. The van der Waals surface area contributed by atoms with Crippen LogP contribution in [0, 0.1) is 5.92 Å². The van der Waals surface area contributed by atoms with Gasteiger partial charge in [-0.3, -0.25) is 9.59 Å². The Labute approximate surface area is 110 Å². The number of nitrogens with one attached hydrogen (secondary N) is 1. The molecule has 2 unspecified atom stereocenters. The maximum absolute atomic E-state index is 12.0. The number of hydrogen-bond acceptors (Lipinski definition) is 2. The number of nitrogens with zero attached hydrogens (tertiary/aromatic N) is 1. The first kappa shape index (κ1) is 15.0. The second-order valence-corrected chi connectivity index (χ2v) is 5.55. The molecule has 4 nitrogen and oxygen atoms in total. The monoisotopic (exact) mass is 254 g/mol. The van der Waals surface area contributed by atoms with Crippen LogP contribution in [0.1, 0.15) is 53.4 Å². The summed E-state index contributed by atoms with van der Waals surface area (Å²) in [5.74, 6) is 0.201. The predicted molar refractivity (Wildman–Crippen MR) is 72.1 cm³/mol. The third-order valence-corrected chi connectivity index (χ3v) is 3.60. The minimum atomic E-state index is -0.303. The molecule has 1 heterocycles. The Morgan fingerprint density at radius 3 is 2.50 bits per heavy atom. The highest BCUT2D eigenvalue weighted by Gasteiger charge is 2.38. The lowest BCUT2D eigenvalue weighted by Gasteiger charge is -2.41. The van der Waals surface area contributed by atoms with E-state index in [1.165, 1.54) is 12.8 Å². The topological polar surface area (TPSA) is 49.4 Å². The van der Waals surface area contributed by atoms with Crippen LogP contribution in [0.15, 0.2) is 0 Å². The van der Waals surface area contributed by atoms with Crippen molar-refractivity contribution < 1.29 is 9.59 Å². The SMILES string of the molecule is CCCCCC(C)N1C(=O)CNC(=O)C1C(C)C. The number of hydrogen-bond donors (Lipinski definition) is 1. The zero-order chi connectivity index (χ0) is 13.7. The van der Waals surface area contributed by atoms with Crippen LogP contribution in [0.5, 0.6) is 0 Å². The molecule has 0 aromatic carbocycles. The minimum absolute atomic E-state index is 0.00746. The molecule has 2 atom stereocenters. The fourth-order valence-electron chi connectivity index (χ4n) is 2.61. The lowest BCUT2D eigenvalue weighted by molar-refractivity contribution is -0.150. The van der Waals surface area contributed by atoms with E-state index in [0.29, 0.717) is 0 Å². The molecule has 1 fully saturated rings. The Kier molecular flexibility index (Phi) is 5.63. The van der Waals surface area contributed by atoms with Gasteiger partial charge >= 0.3 is 0 Å². The third kappa shape index (κ3) is 3.47. The summed E-state index contributed by atoms with van der Waals surface area (Å²) in [6, 6.07) is -0.148. The van der Waals surface area contributed by atoms with E-state index in [1.807, 2.05) is 13.8 Å². The van der Waals surface area contributed by atoms with Gasteiger partial charge in [0, 0.05) is 6.04 Å². The first-order valence-electron chi connectivity index (χ1n) is 7.07. The molecule has 0 spiro atoms. The van der Waals surface area contributed by atoms with E-state index < -0.39 is 0 Å². The Bertz CT molecular complexity index is 302. The second kappa shape index (κ2) is 6.76. The summed E-state index contributed by atoms with van der Waals surface area (Å²) in [6.45, 7) is 8.37. The molecular formula is C14H26N2O2. The zero-order valence-electron chi connectivity index (χ0n) is 12.0. The zero-order valence-corrected chi connectivity index (χ0v) is 12.0. The van der Waals surface area contributed by atoms with Crippen molar-refractivity contribution in [3.05, 3.63) is 0 Å². The lowest BCUT2D eigenvalue weighted by Crippen LogP contribution is -2.62. The summed E-state index contributed by atoms with van der Waals surface area (Å²) >= 11 is 0. The molecule has 2 amide bonds. The number of amides is 2. The first-order valence-corrected chi connectivity index (χ1v) is 7.07. The van der Waals surface area contributed by atoms with Crippen molar-refractivity contribution in [1.29, 1.82) is 0 Å². The van der Waals surface area contributed by atoms with Gasteiger partial charge in [0.2, 0.25) is 11.8 Å². The maximum atomic E-state index is 12.0. The van der Waals surface area contributed by atoms with Crippen LogP contribution in [-0.2, 0) is 9.59 Å². The smallest absolute Gasteiger partial charge is 0.243 e. The summed E-state index contributed by atoms with van der Waals surface area (Å²) in [5.41, 5.74) is 0. The van der Waals surface area contributed by atoms with Gasteiger partial charge < -0.3 is 10.2 Å². The quantitative estimate of drug-likeness (QED) is 0.736. The van der Waals surface area contributed by atoms with Gasteiger partial charge in [-0.15, -0.1) is 0 Å². The molecule has 1 N–H and O–H groups in total. The fourth-order valence-corrected chi connectivity index (χ4v) is 2.61. The number of carbonyl (C=O) groups is 2. The molecule has 0 aromatic heterocycles. The van der Waals surface area contributed by atoms with Crippen molar-refractivity contribution in [3.63, 3.8) is 0 Å². The average Bonchev–Trinajstić information content (AvgIpc) is 2.31. The van der Waals surface area contributed by atoms with Gasteiger partial charge in [-0.2, -0.15) is 0 Å². The largest absolute Gasteiger partial charge is 0.345 e. The van der Waals surface area contributed by atoms with E-state index in [1.54, 1.807) is 4.90 Å². The van der Waals surface area contributed by atoms with Crippen LogP contribution in [0.2, 0.25) is 0 Å². The van der Waals surface area contributed by atoms with E-state index in [4.69, 9.17) is 0 Å². The highest BCUT2D eigenvalue weighted by Crippen LogP contribution is 2.20. The first-order chi connectivity index (χ1) is 8.49. The Morgan fingerprint density at radius 1 is 1.28 bits per heavy atom. The van der Waals surface area contributed by atoms with E-state index in [2.05, 4.69) is 19.2 Å². The van der Waals surface area contributed by atoms with Gasteiger partial charge in [0.15, 0.2) is 0 Å². The molecule has 0 bridgehead atoms.